The van der Waals surface area contributed by atoms with Gasteiger partial charge in [0.15, 0.2) is 11.5 Å². The van der Waals surface area contributed by atoms with Crippen LogP contribution in [0.5, 0.6) is 5.75 Å². The highest BCUT2D eigenvalue weighted by atomic mass is 32.2. The van der Waals surface area contributed by atoms with Gasteiger partial charge in [-0.3, -0.25) is 4.79 Å². The van der Waals surface area contributed by atoms with E-state index in [0.717, 1.165) is 11.1 Å². The summed E-state index contributed by atoms with van der Waals surface area (Å²) in [6, 6.07) is 19.5. The number of aryl methyl sites for hydroxylation is 1. The highest BCUT2D eigenvalue weighted by Gasteiger charge is 2.21. The van der Waals surface area contributed by atoms with Gasteiger partial charge in [0.2, 0.25) is 0 Å². The summed E-state index contributed by atoms with van der Waals surface area (Å²) in [4.78, 5) is 12.9. The number of benzene rings is 3. The molecule has 0 heterocycles. The van der Waals surface area contributed by atoms with Crippen molar-refractivity contribution in [1.82, 2.24) is 0 Å². The van der Waals surface area contributed by atoms with Crippen LogP contribution in [0, 0.1) is 6.92 Å². The maximum absolute atomic E-state index is 12.8. The molecular formula is C22H18O4S. The molecule has 0 saturated heterocycles. The lowest BCUT2D eigenvalue weighted by molar-refractivity contribution is 0.103. The fourth-order valence-electron chi connectivity index (χ4n) is 2.52. The molecule has 0 bridgehead atoms. The van der Waals surface area contributed by atoms with Crippen molar-refractivity contribution < 1.29 is 17.4 Å². The summed E-state index contributed by atoms with van der Waals surface area (Å²) in [7, 11) is -4.04. The van der Waals surface area contributed by atoms with Gasteiger partial charge in [-0.1, -0.05) is 66.7 Å². The largest absolute Gasteiger partial charge is 0.378 e. The van der Waals surface area contributed by atoms with E-state index in [9.17, 15) is 13.2 Å². The number of carbonyl (C=O) groups excluding carboxylic acids is 1. The average molecular weight is 378 g/mol. The third-order valence-electron chi connectivity index (χ3n) is 4.05. The predicted octanol–water partition coefficient (Wildman–Crippen LogP) is 4.64. The molecule has 0 atom stereocenters. The Hall–Kier alpha value is -3.18. The zero-order valence-corrected chi connectivity index (χ0v) is 15.6. The molecule has 0 unspecified atom stereocenters. The fraction of sp³-hybridized carbons (Fsp3) is 0.0455. The molecule has 0 N–H and O–H groups in total. The summed E-state index contributed by atoms with van der Waals surface area (Å²) in [6.07, 6.45) is 1.68. The first-order chi connectivity index (χ1) is 12.9. The summed E-state index contributed by atoms with van der Waals surface area (Å²) < 4.78 is 30.4. The first-order valence-corrected chi connectivity index (χ1v) is 9.69. The normalized spacial score (nSPS) is 11.0. The number of rotatable bonds is 6. The van der Waals surface area contributed by atoms with Gasteiger partial charge in [-0.05, 0) is 36.8 Å². The molecule has 5 heteroatoms. The minimum atomic E-state index is -4.04. The van der Waals surface area contributed by atoms with E-state index in [1.807, 2.05) is 6.92 Å². The Morgan fingerprint density at radius 3 is 2.19 bits per heavy atom. The standard InChI is InChI=1S/C22H18O4S/c1-3-17-10-12-18(13-11-17)22(23)20-6-4-5-7-21(20)26-27(24,25)19-14-8-16(2)9-15-19/h3-15H,1H2,2H3. The molecule has 3 aromatic rings. The van der Waals surface area contributed by atoms with Crippen LogP contribution < -0.4 is 4.18 Å². The summed E-state index contributed by atoms with van der Waals surface area (Å²) >= 11 is 0. The van der Waals surface area contributed by atoms with E-state index in [1.165, 1.54) is 18.2 Å². The van der Waals surface area contributed by atoms with Gasteiger partial charge in [-0.2, -0.15) is 8.42 Å². The second kappa shape index (κ2) is 7.60. The SMILES string of the molecule is C=Cc1ccc(C(=O)c2ccccc2OS(=O)(=O)c2ccc(C)cc2)cc1. The number of ketones is 1. The van der Waals surface area contributed by atoms with Gasteiger partial charge < -0.3 is 4.18 Å². The van der Waals surface area contributed by atoms with E-state index in [2.05, 4.69) is 6.58 Å². The van der Waals surface area contributed by atoms with Crippen LogP contribution in [0.1, 0.15) is 27.0 Å². The molecule has 3 rings (SSSR count). The molecule has 0 aromatic heterocycles. The van der Waals surface area contributed by atoms with Gasteiger partial charge in [0.1, 0.15) is 4.90 Å². The average Bonchev–Trinajstić information content (AvgIpc) is 2.68. The van der Waals surface area contributed by atoms with Gasteiger partial charge in [-0.15, -0.1) is 0 Å². The molecule has 0 aliphatic carbocycles. The van der Waals surface area contributed by atoms with Crippen LogP contribution in [0.4, 0.5) is 0 Å². The number of para-hydroxylation sites is 1. The number of carbonyl (C=O) groups is 1. The molecule has 27 heavy (non-hydrogen) atoms. The fourth-order valence-corrected chi connectivity index (χ4v) is 3.47. The first-order valence-electron chi connectivity index (χ1n) is 8.28. The molecule has 3 aromatic carbocycles. The Kier molecular flexibility index (Phi) is 5.23. The lowest BCUT2D eigenvalue weighted by Gasteiger charge is -2.11. The van der Waals surface area contributed by atoms with Gasteiger partial charge in [-0.25, -0.2) is 0 Å². The van der Waals surface area contributed by atoms with Crippen LogP contribution in [0.2, 0.25) is 0 Å². The van der Waals surface area contributed by atoms with Crippen molar-refractivity contribution in [3.05, 3.63) is 102 Å². The third-order valence-corrected chi connectivity index (χ3v) is 5.30. The van der Waals surface area contributed by atoms with Gasteiger partial charge in [0.05, 0.1) is 5.56 Å². The third kappa shape index (κ3) is 4.15. The van der Waals surface area contributed by atoms with Crippen molar-refractivity contribution in [2.45, 2.75) is 11.8 Å². The van der Waals surface area contributed by atoms with E-state index in [-0.39, 0.29) is 22.0 Å². The molecule has 0 fully saturated rings. The molecule has 0 aliphatic rings. The van der Waals surface area contributed by atoms with Crippen LogP contribution >= 0.6 is 0 Å². The van der Waals surface area contributed by atoms with E-state index in [0.29, 0.717) is 5.56 Å². The monoisotopic (exact) mass is 378 g/mol. The Bertz CT molecular complexity index is 1080. The smallest absolute Gasteiger partial charge is 0.339 e. The van der Waals surface area contributed by atoms with E-state index in [1.54, 1.807) is 60.7 Å². The molecule has 0 amide bonds. The minimum Gasteiger partial charge on any atom is -0.378 e. The Morgan fingerprint density at radius 2 is 1.56 bits per heavy atom. The molecule has 136 valence electrons. The number of hydrogen-bond donors (Lipinski definition) is 0. The van der Waals surface area contributed by atoms with Crippen molar-refractivity contribution in [2.75, 3.05) is 0 Å². The minimum absolute atomic E-state index is 0.00382. The maximum atomic E-state index is 12.8. The van der Waals surface area contributed by atoms with Crippen molar-refractivity contribution >= 4 is 22.0 Å². The maximum Gasteiger partial charge on any atom is 0.339 e. The zero-order chi connectivity index (χ0) is 19.4. The predicted molar refractivity (Wildman–Crippen MR) is 105 cm³/mol. The second-order valence-corrected chi connectivity index (χ2v) is 7.55. The summed E-state index contributed by atoms with van der Waals surface area (Å²) in [6.45, 7) is 5.54. The van der Waals surface area contributed by atoms with Gasteiger partial charge >= 0.3 is 10.1 Å². The van der Waals surface area contributed by atoms with E-state index >= 15 is 0 Å². The molecule has 0 spiro atoms. The van der Waals surface area contributed by atoms with Crippen LogP contribution in [0.25, 0.3) is 6.08 Å². The molecular weight excluding hydrogens is 360 g/mol. The highest BCUT2D eigenvalue weighted by Crippen LogP contribution is 2.25. The summed E-state index contributed by atoms with van der Waals surface area (Å²) in [5.74, 6) is -0.323. The lowest BCUT2D eigenvalue weighted by atomic mass is 10.0. The second-order valence-electron chi connectivity index (χ2n) is 6.00. The van der Waals surface area contributed by atoms with Crippen LogP contribution in [0.3, 0.4) is 0 Å². The Labute approximate surface area is 158 Å². The van der Waals surface area contributed by atoms with E-state index in [4.69, 9.17) is 4.18 Å². The lowest BCUT2D eigenvalue weighted by Crippen LogP contribution is -2.13. The van der Waals surface area contributed by atoms with Crippen LogP contribution in [-0.4, -0.2) is 14.2 Å². The number of hydrogen-bond acceptors (Lipinski definition) is 4. The Balaban J connectivity index is 1.94. The van der Waals surface area contributed by atoms with E-state index < -0.39 is 10.1 Å². The zero-order valence-electron chi connectivity index (χ0n) is 14.8. The highest BCUT2D eigenvalue weighted by molar-refractivity contribution is 7.87. The summed E-state index contributed by atoms with van der Waals surface area (Å²) in [5, 5.41) is 0. The molecule has 0 saturated carbocycles. The van der Waals surface area contributed by atoms with Gasteiger partial charge in [0.25, 0.3) is 0 Å². The van der Waals surface area contributed by atoms with Crippen LogP contribution in [0.15, 0.2) is 84.3 Å². The van der Waals surface area contributed by atoms with Crippen LogP contribution in [-0.2, 0) is 10.1 Å². The van der Waals surface area contributed by atoms with Gasteiger partial charge in [0, 0.05) is 5.56 Å². The molecule has 0 aliphatic heterocycles. The summed E-state index contributed by atoms with van der Waals surface area (Å²) in [5.41, 5.74) is 2.44. The quantitative estimate of drug-likeness (QED) is 0.463. The molecule has 4 nitrogen and oxygen atoms in total. The van der Waals surface area contributed by atoms with Crippen molar-refractivity contribution in [1.29, 1.82) is 0 Å². The van der Waals surface area contributed by atoms with Crippen molar-refractivity contribution in [2.24, 2.45) is 0 Å². The topological polar surface area (TPSA) is 60.4 Å². The van der Waals surface area contributed by atoms with Crippen molar-refractivity contribution in [3.8, 4) is 5.75 Å². The van der Waals surface area contributed by atoms with Crippen molar-refractivity contribution in [3.63, 3.8) is 0 Å². The first kappa shape index (κ1) is 18.6. The Morgan fingerprint density at radius 1 is 0.926 bits per heavy atom. The molecule has 0 radical (unpaired) electrons.